The smallest absolute Gasteiger partial charge is 1.00 e. The molecule has 1 aromatic carbocycles. The summed E-state index contributed by atoms with van der Waals surface area (Å²) in [6, 6.07) is 8.93. The average molecular weight is 267 g/mol. The summed E-state index contributed by atoms with van der Waals surface area (Å²) in [4.78, 5) is 0. The van der Waals surface area contributed by atoms with Gasteiger partial charge in [-0.15, -0.1) is 11.6 Å². The van der Waals surface area contributed by atoms with Crippen LogP contribution in [-0.4, -0.2) is 28.7 Å². The van der Waals surface area contributed by atoms with Crippen molar-refractivity contribution in [3.8, 4) is 5.75 Å². The molecular formula is C11H15BrMgO. The molecule has 0 bridgehead atoms. The summed E-state index contributed by atoms with van der Waals surface area (Å²) >= 11 is 0. The topological polar surface area (TPSA) is 9.23 Å². The van der Waals surface area contributed by atoms with E-state index < -0.39 is 0 Å². The molecule has 0 saturated carbocycles. The minimum atomic E-state index is -0.136. The molecule has 0 radical (unpaired) electrons. The summed E-state index contributed by atoms with van der Waals surface area (Å²) in [5.74, 6) is 0.852. The van der Waals surface area contributed by atoms with E-state index in [1.54, 1.807) is 0 Å². The Kier molecular flexibility index (Phi) is 7.98. The van der Waals surface area contributed by atoms with E-state index in [1.807, 2.05) is 45.9 Å². The molecular weight excluding hydrogens is 252 g/mol. The van der Waals surface area contributed by atoms with Crippen LogP contribution < -0.4 is 21.7 Å². The van der Waals surface area contributed by atoms with Crippen LogP contribution in [0.2, 0.25) is 0 Å². The molecule has 14 heavy (non-hydrogen) atoms. The van der Waals surface area contributed by atoms with Crippen LogP contribution in [0.25, 0.3) is 0 Å². The van der Waals surface area contributed by atoms with Gasteiger partial charge >= 0.3 is 23.1 Å². The van der Waals surface area contributed by atoms with Gasteiger partial charge in [-0.3, -0.25) is 0 Å². The van der Waals surface area contributed by atoms with Gasteiger partial charge in [-0.1, -0.05) is 6.92 Å². The molecule has 0 atom stereocenters. The van der Waals surface area contributed by atoms with Crippen molar-refractivity contribution in [2.75, 3.05) is 0 Å². The van der Waals surface area contributed by atoms with Crippen LogP contribution in [0.15, 0.2) is 18.2 Å². The van der Waals surface area contributed by atoms with E-state index in [9.17, 15) is 0 Å². The third-order valence-electron chi connectivity index (χ3n) is 1.42. The number of ether oxygens (including phenoxy) is 1. The molecule has 1 nitrogen and oxygen atoms in total. The summed E-state index contributed by atoms with van der Waals surface area (Å²) in [5.41, 5.74) is 0.996. The summed E-state index contributed by atoms with van der Waals surface area (Å²) in [5, 5.41) is 0. The quantitative estimate of drug-likeness (QED) is 0.497. The van der Waals surface area contributed by atoms with Gasteiger partial charge in [0.1, 0.15) is 0 Å². The largest absolute Gasteiger partial charge is 2.00 e. The van der Waals surface area contributed by atoms with Crippen molar-refractivity contribution >= 4 is 23.1 Å². The van der Waals surface area contributed by atoms with Gasteiger partial charge in [0.25, 0.3) is 0 Å². The zero-order chi connectivity index (χ0) is 9.19. The molecule has 0 saturated heterocycles. The van der Waals surface area contributed by atoms with Crippen molar-refractivity contribution < 1.29 is 21.7 Å². The Morgan fingerprint density at radius 1 is 1.29 bits per heavy atom. The zero-order valence-electron chi connectivity index (χ0n) is 9.23. The monoisotopic (exact) mass is 266 g/mol. The van der Waals surface area contributed by atoms with E-state index in [4.69, 9.17) is 4.74 Å². The minimum Gasteiger partial charge on any atom is -1.00 e. The van der Waals surface area contributed by atoms with E-state index in [1.165, 1.54) is 0 Å². The Morgan fingerprint density at radius 2 is 1.86 bits per heavy atom. The molecule has 0 amide bonds. The Bertz CT molecular complexity index is 268. The van der Waals surface area contributed by atoms with Crippen LogP contribution in [0.3, 0.4) is 0 Å². The number of halogens is 1. The molecule has 1 rings (SSSR count). The summed E-state index contributed by atoms with van der Waals surface area (Å²) in [7, 11) is 0. The molecule has 0 spiro atoms. The van der Waals surface area contributed by atoms with Crippen molar-refractivity contribution in [3.63, 3.8) is 0 Å². The van der Waals surface area contributed by atoms with Gasteiger partial charge in [0.2, 0.25) is 0 Å². The first kappa shape index (κ1) is 16.7. The number of aryl methyl sites for hydroxylation is 1. The molecule has 0 fully saturated rings. The first-order valence-corrected chi connectivity index (χ1v) is 4.15. The molecule has 0 aromatic heterocycles. The third-order valence-corrected chi connectivity index (χ3v) is 1.42. The van der Waals surface area contributed by atoms with Gasteiger partial charge in [0.15, 0.2) is 0 Å². The minimum absolute atomic E-state index is 0. The van der Waals surface area contributed by atoms with Crippen LogP contribution in [0.5, 0.6) is 5.75 Å². The Hall–Kier alpha value is 0.266. The summed E-state index contributed by atoms with van der Waals surface area (Å²) in [6.45, 7) is 8.13. The summed E-state index contributed by atoms with van der Waals surface area (Å²) < 4.78 is 5.68. The van der Waals surface area contributed by atoms with E-state index >= 15 is 0 Å². The zero-order valence-corrected chi connectivity index (χ0v) is 12.2. The van der Waals surface area contributed by atoms with Gasteiger partial charge in [-0.25, -0.2) is 0 Å². The van der Waals surface area contributed by atoms with E-state index in [0.29, 0.717) is 0 Å². The fourth-order valence-corrected chi connectivity index (χ4v) is 0.922. The maximum Gasteiger partial charge on any atom is 2.00 e. The predicted molar refractivity (Wildman–Crippen MR) is 56.2 cm³/mol. The molecule has 0 aliphatic carbocycles. The van der Waals surface area contributed by atoms with Crippen LogP contribution in [-0.2, 0) is 0 Å². The normalized spacial score (nSPS) is 9.71. The van der Waals surface area contributed by atoms with Gasteiger partial charge in [0, 0.05) is 5.75 Å². The number of para-hydroxylation sites is 1. The first-order valence-electron chi connectivity index (χ1n) is 4.15. The number of benzene rings is 1. The number of hydrogen-bond donors (Lipinski definition) is 0. The standard InChI is InChI=1S/C11H15O.BrH.Mg/c1-9-7-5-6-8-10(9)12-11(2,3)4;;/h5-7H,1-4H3;1H;/q-1;;+2/p-1. The molecule has 3 heteroatoms. The first-order chi connectivity index (χ1) is 5.49. The van der Waals surface area contributed by atoms with Crippen molar-refractivity contribution in [2.24, 2.45) is 0 Å². The predicted octanol–water partition coefficient (Wildman–Crippen LogP) is -0.404. The molecule has 1 aromatic rings. The van der Waals surface area contributed by atoms with Gasteiger partial charge in [-0.05, 0) is 20.8 Å². The van der Waals surface area contributed by atoms with E-state index in [-0.39, 0.29) is 45.6 Å². The second kappa shape index (κ2) is 6.70. The maximum atomic E-state index is 5.68. The Labute approximate surface area is 113 Å². The van der Waals surface area contributed by atoms with Gasteiger partial charge in [0.05, 0.1) is 5.60 Å². The Balaban J connectivity index is 0. The van der Waals surface area contributed by atoms with Crippen LogP contribution >= 0.6 is 0 Å². The summed E-state index contributed by atoms with van der Waals surface area (Å²) in [6.07, 6.45) is 0. The van der Waals surface area contributed by atoms with Crippen LogP contribution in [0, 0.1) is 13.0 Å². The van der Waals surface area contributed by atoms with Crippen LogP contribution in [0.1, 0.15) is 26.3 Å². The maximum absolute atomic E-state index is 5.68. The Morgan fingerprint density at radius 3 is 2.29 bits per heavy atom. The SMILES string of the molecule is Cc1ccc[c-]c1OC(C)(C)C.[Br-].[Mg+2]. The van der Waals surface area contributed by atoms with Crippen LogP contribution in [0.4, 0.5) is 0 Å². The van der Waals surface area contributed by atoms with E-state index in [2.05, 4.69) is 6.07 Å². The van der Waals surface area contributed by atoms with Gasteiger partial charge < -0.3 is 21.7 Å². The molecule has 0 aliphatic heterocycles. The molecule has 74 valence electrons. The molecule has 0 unspecified atom stereocenters. The fourth-order valence-electron chi connectivity index (χ4n) is 0.922. The number of rotatable bonds is 1. The fraction of sp³-hybridized carbons (Fsp3) is 0.455. The average Bonchev–Trinajstić information content (AvgIpc) is 1.91. The van der Waals surface area contributed by atoms with Crippen molar-refractivity contribution in [1.82, 2.24) is 0 Å². The molecule has 0 heterocycles. The number of hydrogen-bond acceptors (Lipinski definition) is 1. The second-order valence-electron chi connectivity index (χ2n) is 3.90. The van der Waals surface area contributed by atoms with Gasteiger partial charge in [-0.2, -0.15) is 18.2 Å². The molecule has 0 N–H and O–H groups in total. The molecule has 0 aliphatic rings. The van der Waals surface area contributed by atoms with E-state index in [0.717, 1.165) is 11.3 Å². The third kappa shape index (κ3) is 5.88. The van der Waals surface area contributed by atoms with Crippen molar-refractivity contribution in [3.05, 3.63) is 29.8 Å². The van der Waals surface area contributed by atoms with Crippen molar-refractivity contribution in [2.45, 2.75) is 33.3 Å². The second-order valence-corrected chi connectivity index (χ2v) is 3.90. The van der Waals surface area contributed by atoms with Crippen molar-refractivity contribution in [1.29, 1.82) is 0 Å².